The Morgan fingerprint density at radius 2 is 2.00 bits per heavy atom. The highest BCUT2D eigenvalue weighted by atomic mass is 16.5. The van der Waals surface area contributed by atoms with Gasteiger partial charge < -0.3 is 14.8 Å². The first kappa shape index (κ1) is 15.0. The standard InChI is InChI=1S/C13H22BNO3/c1-4-8-15(5-2)10-11-6-7-13(18-3)12(9-11)14(16)17/h6-7,9,16-17H,4-5,8,10H2,1-3H3. The number of hydrogen-bond acceptors (Lipinski definition) is 4. The lowest BCUT2D eigenvalue weighted by Crippen LogP contribution is -2.32. The van der Waals surface area contributed by atoms with Gasteiger partial charge in [-0.1, -0.05) is 26.0 Å². The molecular weight excluding hydrogens is 229 g/mol. The third-order valence-electron chi connectivity index (χ3n) is 2.97. The first-order valence-electron chi connectivity index (χ1n) is 6.37. The molecule has 0 spiro atoms. The summed E-state index contributed by atoms with van der Waals surface area (Å²) >= 11 is 0. The summed E-state index contributed by atoms with van der Waals surface area (Å²) in [7, 11) is 0.0252. The van der Waals surface area contributed by atoms with Crippen LogP contribution in [-0.4, -0.2) is 42.3 Å². The van der Waals surface area contributed by atoms with Crippen LogP contribution in [0, 0.1) is 0 Å². The number of ether oxygens (including phenoxy) is 1. The molecule has 0 aromatic heterocycles. The van der Waals surface area contributed by atoms with E-state index in [0.717, 1.165) is 31.6 Å². The molecule has 18 heavy (non-hydrogen) atoms. The molecule has 2 N–H and O–H groups in total. The fraction of sp³-hybridized carbons (Fsp3) is 0.538. The maximum absolute atomic E-state index is 9.32. The topological polar surface area (TPSA) is 52.9 Å². The van der Waals surface area contributed by atoms with Gasteiger partial charge in [0.15, 0.2) is 0 Å². The Labute approximate surface area is 109 Å². The summed E-state index contributed by atoms with van der Waals surface area (Å²) in [4.78, 5) is 2.31. The molecule has 0 saturated heterocycles. The molecule has 1 aromatic rings. The Kier molecular flexibility index (Phi) is 6.19. The van der Waals surface area contributed by atoms with E-state index in [4.69, 9.17) is 4.74 Å². The lowest BCUT2D eigenvalue weighted by atomic mass is 9.78. The Balaban J connectivity index is 2.87. The Bertz CT molecular complexity index is 371. The van der Waals surface area contributed by atoms with Gasteiger partial charge in [-0.25, -0.2) is 0 Å². The van der Waals surface area contributed by atoms with Gasteiger partial charge >= 0.3 is 7.12 Å². The molecule has 0 aliphatic carbocycles. The maximum atomic E-state index is 9.32. The number of benzene rings is 1. The van der Waals surface area contributed by atoms with Crippen LogP contribution in [0.15, 0.2) is 18.2 Å². The first-order valence-corrected chi connectivity index (χ1v) is 6.37. The van der Waals surface area contributed by atoms with Crippen LogP contribution in [0.4, 0.5) is 0 Å². The lowest BCUT2D eigenvalue weighted by molar-refractivity contribution is 0.280. The monoisotopic (exact) mass is 251 g/mol. The molecule has 0 bridgehead atoms. The van der Waals surface area contributed by atoms with Crippen molar-refractivity contribution < 1.29 is 14.8 Å². The Morgan fingerprint density at radius 1 is 1.28 bits per heavy atom. The van der Waals surface area contributed by atoms with E-state index >= 15 is 0 Å². The highest BCUT2D eigenvalue weighted by Gasteiger charge is 2.17. The van der Waals surface area contributed by atoms with Gasteiger partial charge in [0.2, 0.25) is 0 Å². The summed E-state index contributed by atoms with van der Waals surface area (Å²) in [5.41, 5.74) is 1.48. The third kappa shape index (κ3) is 4.01. The van der Waals surface area contributed by atoms with Crippen LogP contribution < -0.4 is 10.2 Å². The molecule has 0 fully saturated rings. The van der Waals surface area contributed by atoms with Crippen molar-refractivity contribution in [1.29, 1.82) is 0 Å². The van der Waals surface area contributed by atoms with Gasteiger partial charge in [0.1, 0.15) is 5.75 Å². The minimum Gasteiger partial charge on any atom is -0.497 e. The van der Waals surface area contributed by atoms with Crippen molar-refractivity contribution in [3.8, 4) is 5.75 Å². The van der Waals surface area contributed by atoms with Gasteiger partial charge in [0.05, 0.1) is 7.11 Å². The zero-order valence-corrected chi connectivity index (χ0v) is 11.4. The van der Waals surface area contributed by atoms with Crippen LogP contribution in [0.25, 0.3) is 0 Å². The second kappa shape index (κ2) is 7.41. The van der Waals surface area contributed by atoms with Crippen molar-refractivity contribution in [3.63, 3.8) is 0 Å². The van der Waals surface area contributed by atoms with Crippen LogP contribution in [0.2, 0.25) is 0 Å². The van der Waals surface area contributed by atoms with E-state index in [1.54, 1.807) is 12.1 Å². The SMILES string of the molecule is CCCN(CC)Cc1ccc(OC)c(B(O)O)c1. The van der Waals surface area contributed by atoms with Crippen LogP contribution in [-0.2, 0) is 6.54 Å². The second-order valence-corrected chi connectivity index (χ2v) is 4.32. The number of nitrogens with zero attached hydrogens (tertiary/aromatic N) is 1. The molecule has 4 nitrogen and oxygen atoms in total. The molecule has 5 heteroatoms. The molecule has 0 heterocycles. The van der Waals surface area contributed by atoms with Crippen molar-refractivity contribution in [1.82, 2.24) is 4.90 Å². The molecule has 0 atom stereocenters. The molecule has 1 rings (SSSR count). The highest BCUT2D eigenvalue weighted by Crippen LogP contribution is 2.12. The normalized spacial score (nSPS) is 10.8. The molecule has 0 aliphatic rings. The van der Waals surface area contributed by atoms with Crippen LogP contribution in [0.1, 0.15) is 25.8 Å². The van der Waals surface area contributed by atoms with Gasteiger partial charge in [-0.15, -0.1) is 0 Å². The smallest absolute Gasteiger partial charge is 0.492 e. The Morgan fingerprint density at radius 3 is 2.50 bits per heavy atom. The second-order valence-electron chi connectivity index (χ2n) is 4.32. The first-order chi connectivity index (χ1) is 8.62. The van der Waals surface area contributed by atoms with Crippen molar-refractivity contribution in [2.24, 2.45) is 0 Å². The lowest BCUT2D eigenvalue weighted by Gasteiger charge is -2.20. The van der Waals surface area contributed by atoms with Gasteiger partial charge in [0.25, 0.3) is 0 Å². The summed E-state index contributed by atoms with van der Waals surface area (Å²) in [6.07, 6.45) is 1.11. The van der Waals surface area contributed by atoms with Gasteiger partial charge in [-0.3, -0.25) is 4.90 Å². The summed E-state index contributed by atoms with van der Waals surface area (Å²) in [5, 5.41) is 18.6. The van der Waals surface area contributed by atoms with E-state index in [-0.39, 0.29) is 0 Å². The number of rotatable bonds is 7. The van der Waals surface area contributed by atoms with E-state index in [2.05, 4.69) is 18.7 Å². The molecule has 0 saturated carbocycles. The van der Waals surface area contributed by atoms with E-state index in [1.807, 2.05) is 6.07 Å². The molecule has 0 aliphatic heterocycles. The summed E-state index contributed by atoms with van der Waals surface area (Å²) in [6, 6.07) is 5.54. The van der Waals surface area contributed by atoms with Gasteiger partial charge in [0, 0.05) is 12.0 Å². The summed E-state index contributed by atoms with van der Waals surface area (Å²) in [6.45, 7) is 7.12. The van der Waals surface area contributed by atoms with Crippen molar-refractivity contribution >= 4 is 12.6 Å². The summed E-state index contributed by atoms with van der Waals surface area (Å²) < 4.78 is 5.11. The third-order valence-corrected chi connectivity index (χ3v) is 2.97. The van der Waals surface area contributed by atoms with Gasteiger partial charge in [-0.2, -0.15) is 0 Å². The van der Waals surface area contributed by atoms with E-state index in [9.17, 15) is 10.0 Å². The number of methoxy groups -OCH3 is 1. The predicted molar refractivity (Wildman–Crippen MR) is 74.1 cm³/mol. The molecule has 0 amide bonds. The predicted octanol–water partition coefficient (Wildman–Crippen LogP) is 0.607. The van der Waals surface area contributed by atoms with Crippen LogP contribution in [0.3, 0.4) is 0 Å². The zero-order valence-electron chi connectivity index (χ0n) is 11.4. The highest BCUT2D eigenvalue weighted by molar-refractivity contribution is 6.59. The maximum Gasteiger partial charge on any atom is 0.492 e. The van der Waals surface area contributed by atoms with E-state index < -0.39 is 7.12 Å². The molecule has 100 valence electrons. The minimum absolute atomic E-state index is 0.419. The molecule has 0 unspecified atom stereocenters. The zero-order chi connectivity index (χ0) is 13.5. The van der Waals surface area contributed by atoms with Crippen molar-refractivity contribution in [3.05, 3.63) is 23.8 Å². The van der Waals surface area contributed by atoms with Crippen LogP contribution >= 0.6 is 0 Å². The van der Waals surface area contributed by atoms with Gasteiger partial charge in [-0.05, 0) is 31.1 Å². The molecule has 0 radical (unpaired) electrons. The Hall–Kier alpha value is -1.04. The largest absolute Gasteiger partial charge is 0.497 e. The number of hydrogen-bond donors (Lipinski definition) is 2. The average Bonchev–Trinajstić information content (AvgIpc) is 2.38. The molecular formula is C13H22BNO3. The average molecular weight is 251 g/mol. The van der Waals surface area contributed by atoms with E-state index in [1.165, 1.54) is 7.11 Å². The summed E-state index contributed by atoms with van der Waals surface area (Å²) in [5.74, 6) is 0.507. The fourth-order valence-electron chi connectivity index (χ4n) is 2.01. The quantitative estimate of drug-likeness (QED) is 0.697. The minimum atomic E-state index is -1.50. The van der Waals surface area contributed by atoms with Crippen molar-refractivity contribution in [2.75, 3.05) is 20.2 Å². The van der Waals surface area contributed by atoms with Crippen molar-refractivity contribution in [2.45, 2.75) is 26.8 Å². The van der Waals surface area contributed by atoms with Crippen LogP contribution in [0.5, 0.6) is 5.75 Å². The van der Waals surface area contributed by atoms with E-state index in [0.29, 0.717) is 11.2 Å². The fourth-order valence-corrected chi connectivity index (χ4v) is 2.01. The molecule has 1 aromatic carbocycles.